The van der Waals surface area contributed by atoms with Crippen molar-refractivity contribution >= 4 is 11.8 Å². The summed E-state index contributed by atoms with van der Waals surface area (Å²) in [6, 6.07) is 27.7. The fourth-order valence-corrected chi connectivity index (χ4v) is 3.87. The summed E-state index contributed by atoms with van der Waals surface area (Å²) in [4.78, 5) is 29.4. The number of hydrogen-bond acceptors (Lipinski definition) is 2. The van der Waals surface area contributed by atoms with Crippen molar-refractivity contribution in [3.05, 3.63) is 96.1 Å². The molecule has 0 aliphatic carbocycles. The van der Waals surface area contributed by atoms with Crippen molar-refractivity contribution in [1.29, 1.82) is 0 Å². The zero-order chi connectivity index (χ0) is 20.8. The third-order valence-corrected chi connectivity index (χ3v) is 5.57. The largest absolute Gasteiger partial charge is 0.341 e. The standard InChI is InChI=1S/C26H26N2O2/c29-25(20-21-8-3-1-4-9-21)27-16-7-17-28(19-18-27)26(30)24-14-12-23(13-15-24)22-10-5-2-6-11-22/h1-6,8-15H,7,16-20H2. The van der Waals surface area contributed by atoms with E-state index >= 15 is 0 Å². The zero-order valence-electron chi connectivity index (χ0n) is 17.0. The Morgan fingerprint density at radius 2 is 1.20 bits per heavy atom. The molecule has 0 atom stereocenters. The summed E-state index contributed by atoms with van der Waals surface area (Å²) in [5.74, 6) is 0.162. The Morgan fingerprint density at radius 1 is 0.633 bits per heavy atom. The first-order valence-corrected chi connectivity index (χ1v) is 10.5. The quantitative estimate of drug-likeness (QED) is 0.658. The lowest BCUT2D eigenvalue weighted by Gasteiger charge is -2.22. The van der Waals surface area contributed by atoms with E-state index in [9.17, 15) is 9.59 Å². The minimum Gasteiger partial charge on any atom is -0.341 e. The molecule has 4 nitrogen and oxygen atoms in total. The monoisotopic (exact) mass is 398 g/mol. The number of carbonyl (C=O) groups excluding carboxylic acids is 2. The average Bonchev–Trinajstić information content (AvgIpc) is 3.06. The van der Waals surface area contributed by atoms with Crippen LogP contribution in [-0.4, -0.2) is 47.8 Å². The van der Waals surface area contributed by atoms with Gasteiger partial charge in [0.1, 0.15) is 0 Å². The van der Waals surface area contributed by atoms with E-state index < -0.39 is 0 Å². The van der Waals surface area contributed by atoms with Crippen molar-refractivity contribution in [3.8, 4) is 11.1 Å². The number of rotatable bonds is 4. The molecule has 4 heteroatoms. The third kappa shape index (κ3) is 4.77. The van der Waals surface area contributed by atoms with Crippen molar-refractivity contribution in [2.45, 2.75) is 12.8 Å². The van der Waals surface area contributed by atoms with Crippen LogP contribution in [0.1, 0.15) is 22.3 Å². The Labute approximate surface area is 177 Å². The van der Waals surface area contributed by atoms with Crippen LogP contribution >= 0.6 is 0 Å². The molecule has 4 rings (SSSR count). The predicted molar refractivity (Wildman–Crippen MR) is 119 cm³/mol. The molecule has 1 fully saturated rings. The van der Waals surface area contributed by atoms with Crippen molar-refractivity contribution in [1.82, 2.24) is 9.80 Å². The van der Waals surface area contributed by atoms with E-state index in [0.717, 1.165) is 23.1 Å². The molecule has 0 bridgehead atoms. The second kappa shape index (κ2) is 9.40. The maximum atomic E-state index is 13.0. The van der Waals surface area contributed by atoms with Gasteiger partial charge in [0, 0.05) is 31.7 Å². The molecule has 0 spiro atoms. The van der Waals surface area contributed by atoms with Crippen molar-refractivity contribution in [2.24, 2.45) is 0 Å². The first-order valence-electron chi connectivity index (χ1n) is 10.5. The molecule has 3 aromatic carbocycles. The van der Waals surface area contributed by atoms with Gasteiger partial charge in [-0.05, 0) is 35.2 Å². The van der Waals surface area contributed by atoms with Gasteiger partial charge in [-0.3, -0.25) is 9.59 Å². The minimum absolute atomic E-state index is 0.0342. The number of nitrogens with zero attached hydrogens (tertiary/aromatic N) is 2. The van der Waals surface area contributed by atoms with Gasteiger partial charge in [-0.25, -0.2) is 0 Å². The summed E-state index contributed by atoms with van der Waals surface area (Å²) >= 11 is 0. The molecule has 3 aromatic rings. The Bertz CT molecular complexity index is 985. The highest BCUT2D eigenvalue weighted by atomic mass is 16.2. The van der Waals surface area contributed by atoms with Gasteiger partial charge in [-0.1, -0.05) is 72.8 Å². The topological polar surface area (TPSA) is 40.6 Å². The molecule has 1 heterocycles. The summed E-state index contributed by atoms with van der Waals surface area (Å²) in [6.45, 7) is 2.52. The van der Waals surface area contributed by atoms with E-state index in [2.05, 4.69) is 12.1 Å². The maximum absolute atomic E-state index is 13.0. The molecule has 0 unspecified atom stereocenters. The molecule has 1 aliphatic rings. The second-order valence-corrected chi connectivity index (χ2v) is 7.63. The summed E-state index contributed by atoms with van der Waals surface area (Å²) in [5, 5.41) is 0. The van der Waals surface area contributed by atoms with Crippen LogP contribution in [0.5, 0.6) is 0 Å². The molecule has 0 radical (unpaired) electrons. The van der Waals surface area contributed by atoms with Gasteiger partial charge in [-0.2, -0.15) is 0 Å². The van der Waals surface area contributed by atoms with Crippen LogP contribution in [0.15, 0.2) is 84.9 Å². The van der Waals surface area contributed by atoms with Crippen molar-refractivity contribution in [3.63, 3.8) is 0 Å². The summed E-state index contributed by atoms with van der Waals surface area (Å²) < 4.78 is 0. The average molecular weight is 399 g/mol. The van der Waals surface area contributed by atoms with Gasteiger partial charge >= 0.3 is 0 Å². The highest BCUT2D eigenvalue weighted by molar-refractivity contribution is 5.94. The highest BCUT2D eigenvalue weighted by Gasteiger charge is 2.23. The van der Waals surface area contributed by atoms with Crippen LogP contribution in [0.25, 0.3) is 11.1 Å². The molecule has 30 heavy (non-hydrogen) atoms. The van der Waals surface area contributed by atoms with Crippen LogP contribution in [0, 0.1) is 0 Å². The summed E-state index contributed by atoms with van der Waals surface area (Å²) in [7, 11) is 0. The predicted octanol–water partition coefficient (Wildman–Crippen LogP) is 4.27. The van der Waals surface area contributed by atoms with Gasteiger partial charge in [0.15, 0.2) is 0 Å². The normalized spacial score (nSPS) is 14.3. The Balaban J connectivity index is 1.37. The number of amides is 2. The van der Waals surface area contributed by atoms with Gasteiger partial charge in [-0.15, -0.1) is 0 Å². The van der Waals surface area contributed by atoms with Crippen LogP contribution in [0.2, 0.25) is 0 Å². The van der Waals surface area contributed by atoms with E-state index in [1.165, 1.54) is 0 Å². The first kappa shape index (κ1) is 19.9. The lowest BCUT2D eigenvalue weighted by Crippen LogP contribution is -2.38. The fraction of sp³-hybridized carbons (Fsp3) is 0.231. The van der Waals surface area contributed by atoms with Gasteiger partial charge in [0.25, 0.3) is 5.91 Å². The molecule has 0 saturated carbocycles. The van der Waals surface area contributed by atoms with Crippen LogP contribution in [0.4, 0.5) is 0 Å². The highest BCUT2D eigenvalue weighted by Crippen LogP contribution is 2.20. The van der Waals surface area contributed by atoms with Gasteiger partial charge in [0.2, 0.25) is 5.91 Å². The van der Waals surface area contributed by atoms with Gasteiger partial charge < -0.3 is 9.80 Å². The summed E-state index contributed by atoms with van der Waals surface area (Å²) in [6.07, 6.45) is 1.21. The lowest BCUT2D eigenvalue weighted by atomic mass is 10.0. The van der Waals surface area contributed by atoms with E-state index in [-0.39, 0.29) is 11.8 Å². The first-order chi connectivity index (χ1) is 14.7. The number of benzene rings is 3. The smallest absolute Gasteiger partial charge is 0.253 e. The lowest BCUT2D eigenvalue weighted by molar-refractivity contribution is -0.130. The molecular formula is C26H26N2O2. The van der Waals surface area contributed by atoms with Crippen LogP contribution < -0.4 is 0 Å². The molecule has 1 saturated heterocycles. The number of carbonyl (C=O) groups is 2. The zero-order valence-corrected chi connectivity index (χ0v) is 17.0. The Hall–Kier alpha value is -3.40. The Kier molecular flexibility index (Phi) is 6.23. The third-order valence-electron chi connectivity index (χ3n) is 5.57. The molecule has 152 valence electrons. The molecule has 0 N–H and O–H groups in total. The van der Waals surface area contributed by atoms with E-state index in [1.807, 2.05) is 82.6 Å². The number of hydrogen-bond donors (Lipinski definition) is 0. The van der Waals surface area contributed by atoms with E-state index in [1.54, 1.807) is 0 Å². The molecular weight excluding hydrogens is 372 g/mol. The molecule has 2 amide bonds. The van der Waals surface area contributed by atoms with E-state index in [4.69, 9.17) is 0 Å². The molecule has 1 aliphatic heterocycles. The molecule has 0 aromatic heterocycles. The van der Waals surface area contributed by atoms with Crippen molar-refractivity contribution in [2.75, 3.05) is 26.2 Å². The minimum atomic E-state index is 0.0342. The SMILES string of the molecule is O=C(Cc1ccccc1)N1CCCN(C(=O)c2ccc(-c3ccccc3)cc2)CC1. The fourth-order valence-electron chi connectivity index (χ4n) is 3.87. The second-order valence-electron chi connectivity index (χ2n) is 7.63. The van der Waals surface area contributed by atoms with Crippen molar-refractivity contribution < 1.29 is 9.59 Å². The van der Waals surface area contributed by atoms with Gasteiger partial charge in [0.05, 0.1) is 6.42 Å². The summed E-state index contributed by atoms with van der Waals surface area (Å²) in [5.41, 5.74) is 3.96. The van der Waals surface area contributed by atoms with Crippen LogP contribution in [-0.2, 0) is 11.2 Å². The van der Waals surface area contributed by atoms with E-state index in [0.29, 0.717) is 38.2 Å². The van der Waals surface area contributed by atoms with Crippen LogP contribution in [0.3, 0.4) is 0 Å². The maximum Gasteiger partial charge on any atom is 0.253 e. The Morgan fingerprint density at radius 3 is 1.90 bits per heavy atom.